The van der Waals surface area contributed by atoms with Crippen molar-refractivity contribution in [1.82, 2.24) is 9.88 Å². The van der Waals surface area contributed by atoms with Crippen LogP contribution in [0.3, 0.4) is 0 Å². The minimum absolute atomic E-state index is 0.0913. The van der Waals surface area contributed by atoms with Crippen LogP contribution in [0.1, 0.15) is 24.6 Å². The van der Waals surface area contributed by atoms with Crippen LogP contribution in [0.25, 0.3) is 10.9 Å². The van der Waals surface area contributed by atoms with Crippen molar-refractivity contribution in [3.05, 3.63) is 35.5 Å². The molecule has 0 aliphatic carbocycles. The number of aromatic amines is 1. The molecule has 0 unspecified atom stereocenters. The van der Waals surface area contributed by atoms with E-state index in [0.29, 0.717) is 0 Å². The highest BCUT2D eigenvalue weighted by Crippen LogP contribution is 2.31. The molecule has 112 valence electrons. The molecule has 0 bridgehead atoms. The summed E-state index contributed by atoms with van der Waals surface area (Å²) >= 11 is 7.27. The van der Waals surface area contributed by atoms with E-state index < -0.39 is 0 Å². The number of thiocarbonyl (C=S) groups is 1. The molecule has 3 rings (SSSR count). The molecule has 1 aromatic carbocycles. The number of para-hydroxylation sites is 1. The van der Waals surface area contributed by atoms with Gasteiger partial charge in [-0.05, 0) is 30.2 Å². The predicted octanol–water partition coefficient (Wildman–Crippen LogP) is 3.32. The molecular formula is C16H20N2OS2. The van der Waals surface area contributed by atoms with Gasteiger partial charge in [0, 0.05) is 16.6 Å². The van der Waals surface area contributed by atoms with Crippen LogP contribution >= 0.6 is 24.0 Å². The number of rotatable bonds is 3. The number of aliphatic hydroxyl groups is 1. The minimum Gasteiger partial charge on any atom is -0.394 e. The molecule has 5 heteroatoms. The predicted molar refractivity (Wildman–Crippen MR) is 93.8 cm³/mol. The molecule has 0 spiro atoms. The van der Waals surface area contributed by atoms with Crippen LogP contribution in [-0.4, -0.2) is 37.7 Å². The van der Waals surface area contributed by atoms with Gasteiger partial charge >= 0.3 is 0 Å². The molecule has 0 radical (unpaired) electrons. The Morgan fingerprint density at radius 3 is 3.05 bits per heavy atom. The molecule has 0 fully saturated rings. The van der Waals surface area contributed by atoms with Gasteiger partial charge in [-0.2, -0.15) is 0 Å². The number of nitrogens with one attached hydrogen (secondary N) is 1. The van der Waals surface area contributed by atoms with E-state index in [1.807, 2.05) is 6.07 Å². The fourth-order valence-corrected chi connectivity index (χ4v) is 4.14. The van der Waals surface area contributed by atoms with Crippen molar-refractivity contribution in [2.24, 2.45) is 0 Å². The summed E-state index contributed by atoms with van der Waals surface area (Å²) in [5.74, 6) is 1.03. The standard InChI is InChI=1S/C16H20N2OS2/c1-2-7-21-16(20)18-9-15-13(8-11(18)10-19)12-5-3-4-6-14(12)17-15/h3-6,11,17,19H,2,7-10H2,1H3/t11-/m0/s1. The molecule has 21 heavy (non-hydrogen) atoms. The Morgan fingerprint density at radius 1 is 1.48 bits per heavy atom. The van der Waals surface area contributed by atoms with Crippen LogP contribution < -0.4 is 0 Å². The Bertz CT molecular complexity index is 653. The van der Waals surface area contributed by atoms with Gasteiger partial charge in [0.05, 0.1) is 19.2 Å². The molecule has 2 N–H and O–H groups in total. The van der Waals surface area contributed by atoms with Gasteiger partial charge in [-0.25, -0.2) is 0 Å². The van der Waals surface area contributed by atoms with Gasteiger partial charge < -0.3 is 15.0 Å². The zero-order chi connectivity index (χ0) is 14.8. The summed E-state index contributed by atoms with van der Waals surface area (Å²) in [5.41, 5.74) is 3.75. The van der Waals surface area contributed by atoms with Crippen molar-refractivity contribution in [3.8, 4) is 0 Å². The summed E-state index contributed by atoms with van der Waals surface area (Å²) < 4.78 is 0.903. The lowest BCUT2D eigenvalue weighted by atomic mass is 9.98. The molecule has 1 atom stereocenters. The lowest BCUT2D eigenvalue weighted by Gasteiger charge is -2.36. The molecule has 0 saturated heterocycles. The maximum atomic E-state index is 9.75. The van der Waals surface area contributed by atoms with Crippen molar-refractivity contribution >= 4 is 39.2 Å². The number of hydrogen-bond donors (Lipinski definition) is 2. The number of aromatic nitrogens is 1. The SMILES string of the molecule is CCCSC(=S)N1Cc2[nH]c3ccccc3c2C[C@H]1CO. The molecule has 2 heterocycles. The third-order valence-electron chi connectivity index (χ3n) is 3.99. The van der Waals surface area contributed by atoms with E-state index in [1.54, 1.807) is 11.8 Å². The first-order valence-corrected chi connectivity index (χ1v) is 8.76. The lowest BCUT2D eigenvalue weighted by Crippen LogP contribution is -2.44. The third-order valence-corrected chi connectivity index (χ3v) is 5.67. The second-order valence-electron chi connectivity index (χ2n) is 5.41. The lowest BCUT2D eigenvalue weighted by molar-refractivity contribution is 0.169. The third kappa shape index (κ3) is 2.82. The molecule has 2 aromatic rings. The molecular weight excluding hydrogens is 300 g/mol. The molecule has 0 saturated carbocycles. The Morgan fingerprint density at radius 2 is 2.29 bits per heavy atom. The molecule has 1 aromatic heterocycles. The summed E-state index contributed by atoms with van der Waals surface area (Å²) in [7, 11) is 0. The van der Waals surface area contributed by atoms with Gasteiger partial charge in [-0.1, -0.05) is 49.1 Å². The van der Waals surface area contributed by atoms with Crippen LogP contribution in [0, 0.1) is 0 Å². The maximum absolute atomic E-state index is 9.75. The van der Waals surface area contributed by atoms with E-state index in [4.69, 9.17) is 12.2 Å². The smallest absolute Gasteiger partial charge is 0.137 e. The summed E-state index contributed by atoms with van der Waals surface area (Å²) in [5, 5.41) is 11.0. The van der Waals surface area contributed by atoms with Crippen molar-refractivity contribution in [1.29, 1.82) is 0 Å². The first-order valence-electron chi connectivity index (χ1n) is 7.37. The Labute approximate surface area is 134 Å². The van der Waals surface area contributed by atoms with Crippen LogP contribution in [0.15, 0.2) is 24.3 Å². The van der Waals surface area contributed by atoms with Gasteiger partial charge in [0.15, 0.2) is 0 Å². The van der Waals surface area contributed by atoms with Crippen molar-refractivity contribution in [2.45, 2.75) is 32.4 Å². The Kier molecular flexibility index (Phi) is 4.52. The van der Waals surface area contributed by atoms with Crippen LogP contribution in [-0.2, 0) is 13.0 Å². The summed E-state index contributed by atoms with van der Waals surface area (Å²) in [6, 6.07) is 8.47. The number of nitrogens with zero attached hydrogens (tertiary/aromatic N) is 1. The zero-order valence-electron chi connectivity index (χ0n) is 12.1. The van der Waals surface area contributed by atoms with E-state index in [1.165, 1.54) is 22.2 Å². The van der Waals surface area contributed by atoms with Gasteiger partial charge in [0.1, 0.15) is 4.32 Å². The second kappa shape index (κ2) is 6.38. The van der Waals surface area contributed by atoms with E-state index in [2.05, 4.69) is 35.0 Å². The highest BCUT2D eigenvalue weighted by molar-refractivity contribution is 8.22. The van der Waals surface area contributed by atoms with Crippen molar-refractivity contribution in [3.63, 3.8) is 0 Å². The van der Waals surface area contributed by atoms with Crippen molar-refractivity contribution < 1.29 is 5.11 Å². The van der Waals surface area contributed by atoms with Crippen molar-refractivity contribution in [2.75, 3.05) is 12.4 Å². The molecule has 0 amide bonds. The van der Waals surface area contributed by atoms with Gasteiger partial charge in [-0.3, -0.25) is 0 Å². The number of hydrogen-bond acceptors (Lipinski definition) is 3. The monoisotopic (exact) mass is 320 g/mol. The first kappa shape index (κ1) is 14.9. The minimum atomic E-state index is 0.0913. The summed E-state index contributed by atoms with van der Waals surface area (Å²) in [6.45, 7) is 3.07. The highest BCUT2D eigenvalue weighted by Gasteiger charge is 2.29. The van der Waals surface area contributed by atoms with Gasteiger partial charge in [0.2, 0.25) is 0 Å². The maximum Gasteiger partial charge on any atom is 0.137 e. The summed E-state index contributed by atoms with van der Waals surface area (Å²) in [6.07, 6.45) is 1.96. The van der Waals surface area contributed by atoms with Crippen LogP contribution in [0.4, 0.5) is 0 Å². The molecule has 3 nitrogen and oxygen atoms in total. The number of aliphatic hydroxyl groups excluding tert-OH is 1. The fourth-order valence-electron chi connectivity index (χ4n) is 2.92. The highest BCUT2D eigenvalue weighted by atomic mass is 32.2. The zero-order valence-corrected chi connectivity index (χ0v) is 13.8. The largest absolute Gasteiger partial charge is 0.394 e. The van der Waals surface area contributed by atoms with Crippen LogP contribution in [0.5, 0.6) is 0 Å². The second-order valence-corrected chi connectivity index (χ2v) is 7.14. The Hall–Kier alpha value is -1.04. The number of benzene rings is 1. The van der Waals surface area contributed by atoms with Crippen LogP contribution in [0.2, 0.25) is 0 Å². The van der Waals surface area contributed by atoms with E-state index >= 15 is 0 Å². The molecule has 1 aliphatic heterocycles. The van der Waals surface area contributed by atoms with E-state index in [-0.39, 0.29) is 12.6 Å². The number of fused-ring (bicyclic) bond motifs is 3. The number of H-pyrrole nitrogens is 1. The average molecular weight is 320 g/mol. The molecule has 1 aliphatic rings. The fraction of sp³-hybridized carbons (Fsp3) is 0.438. The summed E-state index contributed by atoms with van der Waals surface area (Å²) in [4.78, 5) is 5.68. The quantitative estimate of drug-likeness (QED) is 0.851. The number of thioether (sulfide) groups is 1. The average Bonchev–Trinajstić information content (AvgIpc) is 2.88. The first-order chi connectivity index (χ1) is 10.2. The van der Waals surface area contributed by atoms with Gasteiger partial charge in [-0.15, -0.1) is 0 Å². The topological polar surface area (TPSA) is 39.3 Å². The Balaban J connectivity index is 1.91. The van der Waals surface area contributed by atoms with Gasteiger partial charge in [0.25, 0.3) is 0 Å². The van der Waals surface area contributed by atoms with E-state index in [9.17, 15) is 5.11 Å². The normalized spacial score (nSPS) is 18.0. The van der Waals surface area contributed by atoms with E-state index in [0.717, 1.165) is 29.5 Å².